The topological polar surface area (TPSA) is 131 Å². The number of amides is 1. The van der Waals surface area contributed by atoms with Crippen LogP contribution in [0, 0.1) is 17.2 Å². The van der Waals surface area contributed by atoms with E-state index in [0.29, 0.717) is 60.9 Å². The molecule has 12 heteroatoms. The first-order valence-corrected chi connectivity index (χ1v) is 13.7. The average molecular weight is 564 g/mol. The van der Waals surface area contributed by atoms with E-state index in [0.717, 1.165) is 12.8 Å². The molecule has 2 aliphatic rings. The van der Waals surface area contributed by atoms with Crippen molar-refractivity contribution in [2.24, 2.45) is 17.1 Å². The highest BCUT2D eigenvalue weighted by Gasteiger charge is 2.35. The fraction of sp³-hybridized carbons (Fsp3) is 0.538. The summed E-state index contributed by atoms with van der Waals surface area (Å²) in [4.78, 5) is 25.8. The number of nitrogens with two attached hydrogens (primary N) is 1. The van der Waals surface area contributed by atoms with E-state index >= 15 is 0 Å². The number of nitrogens with zero attached hydrogens (tertiary/aromatic N) is 4. The first-order valence-electron chi connectivity index (χ1n) is 12.9. The molecule has 0 unspecified atom stereocenters. The van der Waals surface area contributed by atoms with E-state index in [2.05, 4.69) is 29.5 Å². The minimum absolute atomic E-state index is 0.0175. The molecular weight excluding hydrogens is 532 g/mol. The van der Waals surface area contributed by atoms with Crippen LogP contribution in [0.3, 0.4) is 0 Å². The van der Waals surface area contributed by atoms with E-state index in [1.165, 1.54) is 12.1 Å². The summed E-state index contributed by atoms with van der Waals surface area (Å²) in [6, 6.07) is 2.40. The summed E-state index contributed by atoms with van der Waals surface area (Å²) >= 11 is 12.6. The number of imidazole rings is 1. The zero-order chi connectivity index (χ0) is 27.2. The van der Waals surface area contributed by atoms with Crippen molar-refractivity contribution in [2.45, 2.75) is 77.0 Å². The molecule has 1 amide bonds. The number of aromatic nitrogens is 4. The van der Waals surface area contributed by atoms with Crippen molar-refractivity contribution in [1.29, 1.82) is 0 Å². The number of nitrogens with one attached hydrogen (secondary N) is 2. The Morgan fingerprint density at radius 2 is 1.84 bits per heavy atom. The summed E-state index contributed by atoms with van der Waals surface area (Å²) in [5, 5.41) is 17.4. The first kappa shape index (κ1) is 26.9. The van der Waals surface area contributed by atoms with Crippen LogP contribution in [0.5, 0.6) is 0 Å². The van der Waals surface area contributed by atoms with Gasteiger partial charge in [-0.3, -0.25) is 9.36 Å². The van der Waals surface area contributed by atoms with E-state index in [1.807, 2.05) is 4.57 Å². The van der Waals surface area contributed by atoms with Crippen LogP contribution in [0.25, 0.3) is 11.2 Å². The Hall–Kier alpha value is -2.69. The van der Waals surface area contributed by atoms with Crippen LogP contribution < -0.4 is 16.4 Å². The van der Waals surface area contributed by atoms with Gasteiger partial charge in [0.2, 0.25) is 17.8 Å². The summed E-state index contributed by atoms with van der Waals surface area (Å²) < 4.78 is 15.8. The van der Waals surface area contributed by atoms with Gasteiger partial charge in [0, 0.05) is 18.0 Å². The van der Waals surface area contributed by atoms with Gasteiger partial charge < -0.3 is 21.5 Å². The zero-order valence-corrected chi connectivity index (χ0v) is 22.9. The SMILES string of the molecule is CC1(C)CC[C@@H](Nc2ncc3nc(Nc4c(Cl)cc(F)cc4Cl)n(C4CCC(C(N)=O)CC4)c3n2)C[C@H]1O. The van der Waals surface area contributed by atoms with E-state index in [-0.39, 0.29) is 39.4 Å². The number of benzene rings is 1. The number of carbonyl (C=O) groups excluding carboxylic acids is 1. The number of aliphatic hydroxyl groups is 1. The molecule has 2 heterocycles. The second kappa shape index (κ2) is 10.5. The second-order valence-electron chi connectivity index (χ2n) is 11.1. The van der Waals surface area contributed by atoms with Crippen molar-refractivity contribution in [3.63, 3.8) is 0 Å². The Morgan fingerprint density at radius 1 is 1.16 bits per heavy atom. The Kier molecular flexibility index (Phi) is 7.41. The highest BCUT2D eigenvalue weighted by molar-refractivity contribution is 6.39. The minimum atomic E-state index is -0.540. The molecule has 9 nitrogen and oxygen atoms in total. The second-order valence-corrected chi connectivity index (χ2v) is 11.9. The van der Waals surface area contributed by atoms with Crippen molar-refractivity contribution in [2.75, 3.05) is 10.6 Å². The van der Waals surface area contributed by atoms with Gasteiger partial charge in [0.15, 0.2) is 5.65 Å². The van der Waals surface area contributed by atoms with E-state index < -0.39 is 11.9 Å². The number of anilines is 3. The molecule has 2 fully saturated rings. The van der Waals surface area contributed by atoms with Crippen molar-refractivity contribution < 1.29 is 14.3 Å². The Bertz CT molecular complexity index is 1330. The van der Waals surface area contributed by atoms with Crippen LogP contribution in [0.4, 0.5) is 22.0 Å². The largest absolute Gasteiger partial charge is 0.392 e. The van der Waals surface area contributed by atoms with Crippen molar-refractivity contribution >= 4 is 57.9 Å². The summed E-state index contributed by atoms with van der Waals surface area (Å²) in [6.45, 7) is 4.16. The highest BCUT2D eigenvalue weighted by Crippen LogP contribution is 2.40. The van der Waals surface area contributed by atoms with Crippen LogP contribution in [0.15, 0.2) is 18.3 Å². The van der Waals surface area contributed by atoms with Gasteiger partial charge in [-0.25, -0.2) is 14.4 Å². The number of hydrogen-bond acceptors (Lipinski definition) is 7. The molecule has 3 aromatic rings. The molecule has 0 bridgehead atoms. The monoisotopic (exact) mass is 563 g/mol. The maximum absolute atomic E-state index is 13.8. The predicted molar refractivity (Wildman–Crippen MR) is 146 cm³/mol. The van der Waals surface area contributed by atoms with Crippen LogP contribution in [0.2, 0.25) is 10.0 Å². The molecule has 2 saturated carbocycles. The molecule has 5 N–H and O–H groups in total. The lowest BCUT2D eigenvalue weighted by atomic mass is 9.73. The van der Waals surface area contributed by atoms with Gasteiger partial charge in [-0.1, -0.05) is 37.0 Å². The quantitative estimate of drug-likeness (QED) is 0.307. The van der Waals surface area contributed by atoms with E-state index in [4.69, 9.17) is 38.9 Å². The molecule has 1 aromatic carbocycles. The molecule has 38 heavy (non-hydrogen) atoms. The Morgan fingerprint density at radius 3 is 2.47 bits per heavy atom. The number of halogens is 3. The van der Waals surface area contributed by atoms with Gasteiger partial charge >= 0.3 is 0 Å². The minimum Gasteiger partial charge on any atom is -0.392 e. The number of aliphatic hydroxyl groups excluding tert-OH is 1. The van der Waals surface area contributed by atoms with Gasteiger partial charge in [0.05, 0.1) is 28.0 Å². The number of carbonyl (C=O) groups is 1. The molecule has 204 valence electrons. The first-order chi connectivity index (χ1) is 18.0. The molecule has 0 radical (unpaired) electrons. The molecule has 5 rings (SSSR count). The molecule has 0 spiro atoms. The number of primary amides is 1. The third kappa shape index (κ3) is 5.39. The molecule has 0 saturated heterocycles. The van der Waals surface area contributed by atoms with Crippen molar-refractivity contribution in [3.8, 4) is 0 Å². The van der Waals surface area contributed by atoms with Crippen molar-refractivity contribution in [3.05, 3.63) is 34.2 Å². The third-order valence-corrected chi connectivity index (χ3v) is 8.62. The van der Waals surface area contributed by atoms with Gasteiger partial charge in [-0.05, 0) is 62.5 Å². The molecular formula is C26H32Cl2FN7O2. The molecule has 2 atom stereocenters. The van der Waals surface area contributed by atoms with Gasteiger partial charge in [-0.2, -0.15) is 4.98 Å². The van der Waals surface area contributed by atoms with E-state index in [9.17, 15) is 14.3 Å². The fourth-order valence-electron chi connectivity index (χ4n) is 5.52. The third-order valence-electron chi connectivity index (χ3n) is 8.02. The maximum atomic E-state index is 13.8. The Balaban J connectivity index is 1.49. The highest BCUT2D eigenvalue weighted by atomic mass is 35.5. The summed E-state index contributed by atoms with van der Waals surface area (Å²) in [5.74, 6) is -0.0901. The lowest BCUT2D eigenvalue weighted by Crippen LogP contribution is -2.41. The summed E-state index contributed by atoms with van der Waals surface area (Å²) in [7, 11) is 0. The van der Waals surface area contributed by atoms with E-state index in [1.54, 1.807) is 6.20 Å². The number of rotatable bonds is 6. The zero-order valence-electron chi connectivity index (χ0n) is 21.3. The lowest BCUT2D eigenvalue weighted by Gasteiger charge is -2.39. The number of hydrogen-bond donors (Lipinski definition) is 4. The fourth-order valence-corrected chi connectivity index (χ4v) is 6.07. The summed E-state index contributed by atoms with van der Waals surface area (Å²) in [5.41, 5.74) is 6.95. The molecule has 2 aromatic heterocycles. The van der Waals surface area contributed by atoms with Crippen LogP contribution in [0.1, 0.15) is 64.8 Å². The summed E-state index contributed by atoms with van der Waals surface area (Å²) in [6.07, 6.45) is 6.36. The normalized spacial score (nSPS) is 25.3. The Labute approximate surface area is 230 Å². The maximum Gasteiger partial charge on any atom is 0.224 e. The van der Waals surface area contributed by atoms with Gasteiger partial charge in [0.1, 0.15) is 11.3 Å². The lowest BCUT2D eigenvalue weighted by molar-refractivity contribution is -0.122. The van der Waals surface area contributed by atoms with Crippen LogP contribution >= 0.6 is 23.2 Å². The predicted octanol–water partition coefficient (Wildman–Crippen LogP) is 5.58. The van der Waals surface area contributed by atoms with Crippen molar-refractivity contribution in [1.82, 2.24) is 19.5 Å². The van der Waals surface area contributed by atoms with Gasteiger partial charge in [0.25, 0.3) is 0 Å². The van der Waals surface area contributed by atoms with Gasteiger partial charge in [-0.15, -0.1) is 0 Å². The average Bonchev–Trinajstić information content (AvgIpc) is 3.21. The molecule has 2 aliphatic carbocycles. The standard InChI is InChI=1S/C26H32Cl2FN7O2/c1-26(2)8-7-15(11-20(26)37)32-24-31-12-19-23(35-24)36(16-5-3-13(4-6-16)22(30)38)25(33-19)34-21-17(27)9-14(29)10-18(21)28/h9-10,12-13,15-16,20,37H,3-8,11H2,1-2H3,(H2,30,38)(H,33,34)(H,31,32,35)/t13?,15-,16?,20-/m1/s1. The van der Waals surface area contributed by atoms with Crippen LogP contribution in [-0.4, -0.2) is 42.7 Å². The molecule has 0 aliphatic heterocycles. The van der Waals surface area contributed by atoms with Crippen LogP contribution in [-0.2, 0) is 4.79 Å². The number of fused-ring (bicyclic) bond motifs is 1. The smallest absolute Gasteiger partial charge is 0.224 e.